The fourth-order valence-electron chi connectivity index (χ4n) is 3.69. The van der Waals surface area contributed by atoms with Crippen LogP contribution in [0.15, 0.2) is 24.3 Å². The molecule has 2 amide bonds. The molecule has 1 aromatic rings. The van der Waals surface area contributed by atoms with Gasteiger partial charge in [-0.15, -0.1) is 0 Å². The molecule has 2 aliphatic heterocycles. The first-order valence-electron chi connectivity index (χ1n) is 9.23. The van der Waals surface area contributed by atoms with Gasteiger partial charge in [0.2, 0.25) is 11.8 Å². The molecule has 6 nitrogen and oxygen atoms in total. The number of nitrogens with zero attached hydrogens (tertiary/aromatic N) is 3. The third-order valence-electron chi connectivity index (χ3n) is 5.25. The number of piperazine rings is 1. The molecule has 0 radical (unpaired) electrons. The van der Waals surface area contributed by atoms with Gasteiger partial charge in [-0.2, -0.15) is 0 Å². The van der Waals surface area contributed by atoms with Gasteiger partial charge in [0.1, 0.15) is 5.82 Å². The van der Waals surface area contributed by atoms with Crippen molar-refractivity contribution in [2.24, 2.45) is 0 Å². The van der Waals surface area contributed by atoms with Gasteiger partial charge >= 0.3 is 0 Å². The molecule has 142 valence electrons. The number of halogens is 1. The maximum atomic E-state index is 13.9. The van der Waals surface area contributed by atoms with Crippen LogP contribution in [0.5, 0.6) is 0 Å². The van der Waals surface area contributed by atoms with Crippen LogP contribution in [0.1, 0.15) is 18.4 Å². The number of benzene rings is 1. The van der Waals surface area contributed by atoms with Crippen LogP contribution >= 0.6 is 0 Å². The molecule has 0 aliphatic carbocycles. The summed E-state index contributed by atoms with van der Waals surface area (Å²) in [5.41, 5.74) is 0.696. The molecular formula is C19H27FN4O2. The molecule has 0 bridgehead atoms. The van der Waals surface area contributed by atoms with Gasteiger partial charge in [-0.3, -0.25) is 19.4 Å². The average Bonchev–Trinajstić information content (AvgIpc) is 2.63. The van der Waals surface area contributed by atoms with Crippen molar-refractivity contribution in [3.8, 4) is 0 Å². The second kappa shape index (κ2) is 8.60. The summed E-state index contributed by atoms with van der Waals surface area (Å²) in [6, 6.07) is 6.98. The van der Waals surface area contributed by atoms with Crippen molar-refractivity contribution in [2.45, 2.75) is 25.4 Å². The Labute approximate surface area is 153 Å². The Morgan fingerprint density at radius 2 is 2.12 bits per heavy atom. The van der Waals surface area contributed by atoms with Gasteiger partial charge < -0.3 is 10.2 Å². The number of rotatable bonds is 5. The molecule has 2 fully saturated rings. The number of likely N-dealkylation sites (tertiary alicyclic amines) is 1. The van der Waals surface area contributed by atoms with Gasteiger partial charge in [0, 0.05) is 44.8 Å². The van der Waals surface area contributed by atoms with E-state index < -0.39 is 0 Å². The highest BCUT2D eigenvalue weighted by Crippen LogP contribution is 2.19. The molecule has 1 atom stereocenters. The molecule has 2 aliphatic rings. The Morgan fingerprint density at radius 1 is 1.31 bits per heavy atom. The van der Waals surface area contributed by atoms with Crippen molar-refractivity contribution in [1.82, 2.24) is 20.0 Å². The quantitative estimate of drug-likeness (QED) is 0.837. The summed E-state index contributed by atoms with van der Waals surface area (Å²) in [6.07, 6.45) is 1.94. The number of carbonyl (C=O) groups excluding carboxylic acids is 2. The molecular weight excluding hydrogens is 335 g/mol. The number of amides is 2. The Hall–Kier alpha value is -1.99. The van der Waals surface area contributed by atoms with E-state index in [2.05, 4.69) is 10.2 Å². The molecule has 2 heterocycles. The van der Waals surface area contributed by atoms with Crippen LogP contribution < -0.4 is 5.32 Å². The predicted octanol–water partition coefficient (Wildman–Crippen LogP) is 0.680. The zero-order chi connectivity index (χ0) is 18.5. The Balaban J connectivity index is 1.53. The summed E-state index contributed by atoms with van der Waals surface area (Å²) in [6.45, 7) is 4.08. The Morgan fingerprint density at radius 3 is 2.88 bits per heavy atom. The summed E-state index contributed by atoms with van der Waals surface area (Å²) in [5, 5.41) is 2.77. The van der Waals surface area contributed by atoms with Crippen molar-refractivity contribution in [3.05, 3.63) is 35.6 Å². The zero-order valence-electron chi connectivity index (χ0n) is 15.3. The van der Waals surface area contributed by atoms with Gasteiger partial charge in [-0.1, -0.05) is 18.2 Å². The van der Waals surface area contributed by atoms with Crippen LogP contribution in [0.2, 0.25) is 0 Å². The highest BCUT2D eigenvalue weighted by molar-refractivity contribution is 5.81. The summed E-state index contributed by atoms with van der Waals surface area (Å²) in [7, 11) is 1.84. The van der Waals surface area contributed by atoms with E-state index >= 15 is 0 Å². The largest absolute Gasteiger partial charge is 0.354 e. The average molecular weight is 362 g/mol. The number of hydrogen-bond donors (Lipinski definition) is 1. The van der Waals surface area contributed by atoms with Crippen LogP contribution in [0.4, 0.5) is 4.39 Å². The molecule has 26 heavy (non-hydrogen) atoms. The SMILES string of the molecule is CN(C(=O)CN1CCNC(=O)C1)C1CCCN(Cc2ccccc2F)C1. The lowest BCUT2D eigenvalue weighted by Crippen LogP contribution is -2.54. The van der Waals surface area contributed by atoms with E-state index in [1.54, 1.807) is 11.0 Å². The Bertz CT molecular complexity index is 654. The van der Waals surface area contributed by atoms with Crippen molar-refractivity contribution in [2.75, 3.05) is 46.3 Å². The first-order chi connectivity index (χ1) is 12.5. The monoisotopic (exact) mass is 362 g/mol. The van der Waals surface area contributed by atoms with Crippen molar-refractivity contribution in [1.29, 1.82) is 0 Å². The molecule has 0 saturated carbocycles. The highest BCUT2D eigenvalue weighted by atomic mass is 19.1. The van der Waals surface area contributed by atoms with E-state index in [4.69, 9.17) is 0 Å². The smallest absolute Gasteiger partial charge is 0.236 e. The van der Waals surface area contributed by atoms with Crippen molar-refractivity contribution < 1.29 is 14.0 Å². The summed E-state index contributed by atoms with van der Waals surface area (Å²) in [5.74, 6) is -0.166. The van der Waals surface area contributed by atoms with Crippen LogP contribution in [-0.4, -0.2) is 78.9 Å². The minimum absolute atomic E-state index is 0.0274. The lowest BCUT2D eigenvalue weighted by Gasteiger charge is -2.38. The number of nitrogens with one attached hydrogen (secondary N) is 1. The van der Waals surface area contributed by atoms with Gasteiger partial charge in [0.15, 0.2) is 0 Å². The van der Waals surface area contributed by atoms with Crippen LogP contribution in [0.3, 0.4) is 0 Å². The molecule has 7 heteroatoms. The molecule has 1 aromatic carbocycles. The summed E-state index contributed by atoms with van der Waals surface area (Å²) in [4.78, 5) is 30.0. The maximum absolute atomic E-state index is 13.9. The second-order valence-electron chi connectivity index (χ2n) is 7.19. The first-order valence-corrected chi connectivity index (χ1v) is 9.23. The molecule has 0 spiro atoms. The van der Waals surface area contributed by atoms with E-state index in [9.17, 15) is 14.0 Å². The number of likely N-dealkylation sites (N-methyl/N-ethyl adjacent to an activating group) is 1. The third-order valence-corrected chi connectivity index (χ3v) is 5.25. The van der Waals surface area contributed by atoms with E-state index in [1.807, 2.05) is 24.1 Å². The molecule has 1 N–H and O–H groups in total. The molecule has 1 unspecified atom stereocenters. The lowest BCUT2D eigenvalue weighted by molar-refractivity contribution is -0.135. The van der Waals surface area contributed by atoms with Crippen LogP contribution in [0.25, 0.3) is 0 Å². The van der Waals surface area contributed by atoms with Crippen LogP contribution in [0, 0.1) is 5.82 Å². The van der Waals surface area contributed by atoms with Gasteiger partial charge in [0.05, 0.1) is 13.1 Å². The maximum Gasteiger partial charge on any atom is 0.236 e. The van der Waals surface area contributed by atoms with E-state index in [-0.39, 0.29) is 36.8 Å². The number of piperidine rings is 1. The van der Waals surface area contributed by atoms with E-state index in [1.165, 1.54) is 6.07 Å². The lowest BCUT2D eigenvalue weighted by atomic mass is 10.0. The predicted molar refractivity (Wildman–Crippen MR) is 96.9 cm³/mol. The van der Waals surface area contributed by atoms with Crippen molar-refractivity contribution in [3.63, 3.8) is 0 Å². The zero-order valence-corrected chi connectivity index (χ0v) is 15.3. The van der Waals surface area contributed by atoms with Crippen LogP contribution in [-0.2, 0) is 16.1 Å². The minimum atomic E-state index is -0.178. The van der Waals surface area contributed by atoms with E-state index in [0.717, 1.165) is 25.9 Å². The number of hydrogen-bond acceptors (Lipinski definition) is 4. The summed E-state index contributed by atoms with van der Waals surface area (Å²) < 4.78 is 13.9. The van der Waals surface area contributed by atoms with Gasteiger partial charge in [0.25, 0.3) is 0 Å². The Kier molecular flexibility index (Phi) is 6.21. The van der Waals surface area contributed by atoms with E-state index in [0.29, 0.717) is 25.2 Å². The standard InChI is InChI=1S/C19H27FN4O2/c1-22(19(26)14-24-10-8-21-18(25)13-24)16-6-4-9-23(12-16)11-15-5-2-3-7-17(15)20/h2-3,5,7,16H,4,6,8-14H2,1H3,(H,21,25). The number of carbonyl (C=O) groups is 2. The third kappa shape index (κ3) is 4.80. The normalized spacial score (nSPS) is 22.1. The van der Waals surface area contributed by atoms with Gasteiger partial charge in [-0.25, -0.2) is 4.39 Å². The molecule has 2 saturated heterocycles. The molecule has 3 rings (SSSR count). The van der Waals surface area contributed by atoms with Gasteiger partial charge in [-0.05, 0) is 25.5 Å². The van der Waals surface area contributed by atoms with Crippen molar-refractivity contribution >= 4 is 11.8 Å². The highest BCUT2D eigenvalue weighted by Gasteiger charge is 2.28. The minimum Gasteiger partial charge on any atom is -0.354 e. The summed E-state index contributed by atoms with van der Waals surface area (Å²) >= 11 is 0. The fraction of sp³-hybridized carbons (Fsp3) is 0.579. The molecule has 0 aromatic heterocycles. The first kappa shape index (κ1) is 18.8. The fourth-order valence-corrected chi connectivity index (χ4v) is 3.69. The topological polar surface area (TPSA) is 55.9 Å². The second-order valence-corrected chi connectivity index (χ2v) is 7.19.